The monoisotopic (exact) mass is 289 g/mol. The Morgan fingerprint density at radius 2 is 2.14 bits per heavy atom. The molecule has 21 heavy (non-hydrogen) atoms. The van der Waals surface area contributed by atoms with E-state index in [1.165, 1.54) is 0 Å². The van der Waals surface area contributed by atoms with Crippen molar-refractivity contribution in [1.82, 2.24) is 15.0 Å². The zero-order valence-corrected chi connectivity index (χ0v) is 12.3. The van der Waals surface area contributed by atoms with Crippen molar-refractivity contribution in [2.45, 2.75) is 18.9 Å². The normalized spacial score (nSPS) is 17.0. The maximum Gasteiger partial charge on any atom is 0.276 e. The summed E-state index contributed by atoms with van der Waals surface area (Å²) in [5.41, 5.74) is 0.322. The third kappa shape index (κ3) is 2.85. The predicted molar refractivity (Wildman–Crippen MR) is 76.8 cm³/mol. The zero-order chi connectivity index (χ0) is 14.8. The van der Waals surface area contributed by atoms with Gasteiger partial charge in [0, 0.05) is 19.2 Å². The summed E-state index contributed by atoms with van der Waals surface area (Å²) in [6, 6.07) is 5.43. The van der Waals surface area contributed by atoms with Gasteiger partial charge in [0.1, 0.15) is 0 Å². The number of hydrogen-bond donors (Lipinski definition) is 0. The van der Waals surface area contributed by atoms with Crippen LogP contribution in [-0.4, -0.2) is 54.1 Å². The minimum absolute atomic E-state index is 0.105. The van der Waals surface area contributed by atoms with Crippen LogP contribution in [0.4, 0.5) is 0 Å². The average molecular weight is 289 g/mol. The average Bonchev–Trinajstić information content (AvgIpc) is 3.17. The highest BCUT2D eigenvalue weighted by molar-refractivity contribution is 5.93. The van der Waals surface area contributed by atoms with Crippen molar-refractivity contribution in [2.24, 2.45) is 0 Å². The number of nitrogens with zero attached hydrogens (tertiary/aromatic N) is 3. The van der Waals surface area contributed by atoms with E-state index in [1.54, 1.807) is 29.4 Å². The zero-order valence-electron chi connectivity index (χ0n) is 12.3. The summed E-state index contributed by atoms with van der Waals surface area (Å²) in [5, 5.41) is 3.87. The van der Waals surface area contributed by atoms with Gasteiger partial charge >= 0.3 is 0 Å². The van der Waals surface area contributed by atoms with Gasteiger partial charge in [-0.15, -0.1) is 0 Å². The molecule has 3 rings (SSSR count). The minimum Gasteiger partial charge on any atom is -0.461 e. The van der Waals surface area contributed by atoms with Gasteiger partial charge in [0.25, 0.3) is 5.91 Å². The molecule has 6 heteroatoms. The Hall–Kier alpha value is -2.08. The van der Waals surface area contributed by atoms with Gasteiger partial charge in [0.15, 0.2) is 11.5 Å². The van der Waals surface area contributed by atoms with E-state index in [2.05, 4.69) is 17.1 Å². The predicted octanol–water partition coefficient (Wildman–Crippen LogP) is 2.10. The molecule has 3 heterocycles. The summed E-state index contributed by atoms with van der Waals surface area (Å²) >= 11 is 0. The smallest absolute Gasteiger partial charge is 0.276 e. The van der Waals surface area contributed by atoms with Crippen LogP contribution in [0.2, 0.25) is 0 Å². The van der Waals surface area contributed by atoms with E-state index in [1.807, 2.05) is 7.05 Å². The molecule has 0 radical (unpaired) electrons. The Kier molecular flexibility index (Phi) is 3.79. The Morgan fingerprint density at radius 1 is 1.38 bits per heavy atom. The molecular formula is C15H19N3O3. The highest BCUT2D eigenvalue weighted by Gasteiger charge is 2.26. The molecule has 0 atom stereocenters. The van der Waals surface area contributed by atoms with E-state index in [9.17, 15) is 4.79 Å². The molecule has 0 spiro atoms. The summed E-state index contributed by atoms with van der Waals surface area (Å²) in [4.78, 5) is 16.5. The molecule has 0 bridgehead atoms. The standard InChI is InChI=1S/C15H19N3O3/c1-17-7-5-11(6-8-17)18(2)15(19)12-10-14(21-16-12)13-4-3-9-20-13/h3-4,9-11H,5-8H2,1-2H3. The molecule has 1 fully saturated rings. The lowest BCUT2D eigenvalue weighted by Gasteiger charge is -2.34. The Labute approximate surface area is 123 Å². The highest BCUT2D eigenvalue weighted by atomic mass is 16.5. The first-order valence-electron chi connectivity index (χ1n) is 7.11. The summed E-state index contributed by atoms with van der Waals surface area (Å²) in [6.07, 6.45) is 3.53. The minimum atomic E-state index is -0.105. The first kappa shape index (κ1) is 13.9. The molecule has 0 unspecified atom stereocenters. The molecule has 0 aliphatic carbocycles. The summed E-state index contributed by atoms with van der Waals surface area (Å²) in [6.45, 7) is 2.03. The Morgan fingerprint density at radius 3 is 2.81 bits per heavy atom. The fourth-order valence-corrected chi connectivity index (χ4v) is 2.64. The number of furan rings is 1. The molecule has 2 aromatic heterocycles. The fourth-order valence-electron chi connectivity index (χ4n) is 2.64. The van der Waals surface area contributed by atoms with Gasteiger partial charge < -0.3 is 18.7 Å². The van der Waals surface area contributed by atoms with Crippen LogP contribution < -0.4 is 0 Å². The molecule has 112 valence electrons. The van der Waals surface area contributed by atoms with Gasteiger partial charge in [0.05, 0.1) is 6.26 Å². The number of rotatable bonds is 3. The number of piperidine rings is 1. The molecule has 1 saturated heterocycles. The molecule has 0 saturated carbocycles. The van der Waals surface area contributed by atoms with Crippen LogP contribution in [0.25, 0.3) is 11.5 Å². The van der Waals surface area contributed by atoms with Crippen molar-refractivity contribution < 1.29 is 13.7 Å². The fraction of sp³-hybridized carbons (Fsp3) is 0.467. The van der Waals surface area contributed by atoms with Gasteiger partial charge in [-0.05, 0) is 45.1 Å². The van der Waals surface area contributed by atoms with Gasteiger partial charge in [-0.3, -0.25) is 4.79 Å². The van der Waals surface area contributed by atoms with Crippen molar-refractivity contribution in [2.75, 3.05) is 27.2 Å². The third-order valence-corrected chi connectivity index (χ3v) is 4.05. The number of amides is 1. The van der Waals surface area contributed by atoms with Crippen LogP contribution in [0.5, 0.6) is 0 Å². The second-order valence-electron chi connectivity index (χ2n) is 5.50. The van der Waals surface area contributed by atoms with E-state index in [0.29, 0.717) is 17.2 Å². The Bertz CT molecular complexity index is 597. The van der Waals surface area contributed by atoms with Crippen LogP contribution in [-0.2, 0) is 0 Å². The van der Waals surface area contributed by atoms with Crippen LogP contribution in [0.1, 0.15) is 23.3 Å². The van der Waals surface area contributed by atoms with Crippen molar-refractivity contribution in [3.8, 4) is 11.5 Å². The number of carbonyl (C=O) groups is 1. The number of likely N-dealkylation sites (tertiary alicyclic amines) is 1. The van der Waals surface area contributed by atoms with E-state index in [4.69, 9.17) is 8.94 Å². The topological polar surface area (TPSA) is 62.7 Å². The summed E-state index contributed by atoms with van der Waals surface area (Å²) in [7, 11) is 3.94. The lowest BCUT2D eigenvalue weighted by Crippen LogP contribution is -2.44. The molecule has 1 amide bonds. The number of hydrogen-bond acceptors (Lipinski definition) is 5. The summed E-state index contributed by atoms with van der Waals surface area (Å²) < 4.78 is 10.4. The van der Waals surface area contributed by atoms with Gasteiger partial charge in [-0.1, -0.05) is 5.16 Å². The molecular weight excluding hydrogens is 270 g/mol. The van der Waals surface area contributed by atoms with E-state index in [0.717, 1.165) is 25.9 Å². The third-order valence-electron chi connectivity index (χ3n) is 4.05. The lowest BCUT2D eigenvalue weighted by atomic mass is 10.0. The van der Waals surface area contributed by atoms with Crippen molar-refractivity contribution >= 4 is 5.91 Å². The Balaban J connectivity index is 1.70. The molecule has 1 aliphatic heterocycles. The highest BCUT2D eigenvalue weighted by Crippen LogP contribution is 2.22. The lowest BCUT2D eigenvalue weighted by molar-refractivity contribution is 0.0649. The van der Waals surface area contributed by atoms with E-state index < -0.39 is 0 Å². The second kappa shape index (κ2) is 5.73. The molecule has 6 nitrogen and oxygen atoms in total. The molecule has 0 aromatic carbocycles. The van der Waals surface area contributed by atoms with Crippen molar-refractivity contribution in [1.29, 1.82) is 0 Å². The number of carbonyl (C=O) groups excluding carboxylic acids is 1. The van der Waals surface area contributed by atoms with Crippen LogP contribution in [0.15, 0.2) is 33.4 Å². The molecule has 0 N–H and O–H groups in total. The first-order valence-corrected chi connectivity index (χ1v) is 7.11. The summed E-state index contributed by atoms with van der Waals surface area (Å²) in [5.74, 6) is 0.940. The SMILES string of the molecule is CN1CCC(N(C)C(=O)c2cc(-c3ccco3)on2)CC1. The van der Waals surface area contributed by atoms with Crippen LogP contribution in [0, 0.1) is 0 Å². The van der Waals surface area contributed by atoms with Crippen molar-refractivity contribution in [3.05, 3.63) is 30.2 Å². The van der Waals surface area contributed by atoms with E-state index in [-0.39, 0.29) is 11.9 Å². The quantitative estimate of drug-likeness (QED) is 0.866. The maximum absolute atomic E-state index is 12.5. The van der Waals surface area contributed by atoms with Crippen molar-refractivity contribution in [3.63, 3.8) is 0 Å². The molecule has 2 aromatic rings. The molecule has 1 aliphatic rings. The van der Waals surface area contributed by atoms with Crippen LogP contribution >= 0.6 is 0 Å². The van der Waals surface area contributed by atoms with Gasteiger partial charge in [-0.25, -0.2) is 0 Å². The van der Waals surface area contributed by atoms with Crippen LogP contribution in [0.3, 0.4) is 0 Å². The maximum atomic E-state index is 12.5. The first-order chi connectivity index (χ1) is 10.1. The number of aromatic nitrogens is 1. The largest absolute Gasteiger partial charge is 0.461 e. The van der Waals surface area contributed by atoms with E-state index >= 15 is 0 Å². The van der Waals surface area contributed by atoms with Gasteiger partial charge in [-0.2, -0.15) is 0 Å². The van der Waals surface area contributed by atoms with Gasteiger partial charge in [0.2, 0.25) is 5.76 Å². The second-order valence-corrected chi connectivity index (χ2v) is 5.50.